The van der Waals surface area contributed by atoms with Crippen molar-refractivity contribution >= 4 is 11.9 Å². The van der Waals surface area contributed by atoms with E-state index in [2.05, 4.69) is 4.74 Å². The molecular weight excluding hydrogens is 176 g/mol. The standard InChI is InChI=1S/C8H6O5/c9-7(10)5-1-2-13-4-6(3-5)8(11)12/h1-4H,(H,9,10)(H,11,12). The zero-order valence-electron chi connectivity index (χ0n) is 6.43. The molecule has 0 spiro atoms. The topological polar surface area (TPSA) is 83.8 Å². The van der Waals surface area contributed by atoms with Gasteiger partial charge in [0, 0.05) is 0 Å². The van der Waals surface area contributed by atoms with Crippen LogP contribution in [0, 0.1) is 0 Å². The molecule has 0 unspecified atom stereocenters. The normalized spacial score (nSPS) is 15.1. The van der Waals surface area contributed by atoms with Crippen LogP contribution in [0.3, 0.4) is 0 Å². The number of aliphatic carboxylic acids is 2. The van der Waals surface area contributed by atoms with Crippen molar-refractivity contribution in [3.8, 4) is 0 Å². The third-order valence-corrected chi connectivity index (χ3v) is 1.33. The Labute approximate surface area is 73.2 Å². The summed E-state index contributed by atoms with van der Waals surface area (Å²) in [6.45, 7) is 0. The second-order valence-corrected chi connectivity index (χ2v) is 2.22. The summed E-state index contributed by atoms with van der Waals surface area (Å²) in [4.78, 5) is 20.9. The molecule has 5 nitrogen and oxygen atoms in total. The fraction of sp³-hybridized carbons (Fsp3) is 0. The molecule has 2 N–H and O–H groups in total. The molecule has 1 aliphatic heterocycles. The van der Waals surface area contributed by atoms with Crippen LogP contribution in [-0.4, -0.2) is 22.2 Å². The number of carboxylic acid groups (broad SMARTS) is 2. The Balaban J connectivity index is 3.03. The Hall–Kier alpha value is -2.04. The van der Waals surface area contributed by atoms with Gasteiger partial charge in [0.25, 0.3) is 0 Å². The van der Waals surface area contributed by atoms with Gasteiger partial charge >= 0.3 is 11.9 Å². The van der Waals surface area contributed by atoms with Gasteiger partial charge in [0.15, 0.2) is 0 Å². The SMILES string of the molecule is O=C(O)C1=COC=CC(C(=O)O)=C1. The zero-order valence-corrected chi connectivity index (χ0v) is 6.43. The molecule has 0 radical (unpaired) electrons. The highest BCUT2D eigenvalue weighted by atomic mass is 16.5. The average Bonchev–Trinajstić information content (AvgIpc) is 2.28. The third kappa shape index (κ3) is 2.19. The summed E-state index contributed by atoms with van der Waals surface area (Å²) in [5.74, 6) is -2.43. The molecular formula is C8H6O5. The van der Waals surface area contributed by atoms with Crippen LogP contribution in [0.25, 0.3) is 0 Å². The molecule has 0 atom stereocenters. The second kappa shape index (κ2) is 3.57. The Morgan fingerprint density at radius 3 is 2.31 bits per heavy atom. The first-order valence-corrected chi connectivity index (χ1v) is 3.31. The Bertz CT molecular complexity index is 334. The summed E-state index contributed by atoms with van der Waals surface area (Å²) in [6, 6.07) is 0. The van der Waals surface area contributed by atoms with E-state index in [0.29, 0.717) is 0 Å². The van der Waals surface area contributed by atoms with Crippen LogP contribution in [0.15, 0.2) is 35.8 Å². The van der Waals surface area contributed by atoms with Crippen molar-refractivity contribution in [3.63, 3.8) is 0 Å². The zero-order chi connectivity index (χ0) is 9.84. The number of hydrogen-bond donors (Lipinski definition) is 2. The van der Waals surface area contributed by atoms with Crippen molar-refractivity contribution in [2.24, 2.45) is 0 Å². The summed E-state index contributed by atoms with van der Waals surface area (Å²) in [5.41, 5.74) is -0.339. The molecule has 1 aliphatic rings. The third-order valence-electron chi connectivity index (χ3n) is 1.33. The maximum Gasteiger partial charge on any atom is 0.338 e. The minimum Gasteiger partial charge on any atom is -0.478 e. The van der Waals surface area contributed by atoms with Gasteiger partial charge in [0.2, 0.25) is 0 Å². The van der Waals surface area contributed by atoms with Crippen LogP contribution >= 0.6 is 0 Å². The molecule has 0 fully saturated rings. The van der Waals surface area contributed by atoms with E-state index in [1.54, 1.807) is 0 Å². The molecule has 0 amide bonds. The lowest BCUT2D eigenvalue weighted by atomic mass is 10.2. The first kappa shape index (κ1) is 9.05. The van der Waals surface area contributed by atoms with Gasteiger partial charge in [-0.2, -0.15) is 0 Å². The molecule has 0 bridgehead atoms. The Morgan fingerprint density at radius 2 is 1.77 bits per heavy atom. The molecule has 0 saturated carbocycles. The van der Waals surface area contributed by atoms with Crippen LogP contribution < -0.4 is 0 Å². The van der Waals surface area contributed by atoms with Crippen LogP contribution in [-0.2, 0) is 14.3 Å². The number of ether oxygens (including phenoxy) is 1. The van der Waals surface area contributed by atoms with Crippen LogP contribution in [0.1, 0.15) is 0 Å². The highest BCUT2D eigenvalue weighted by Gasteiger charge is 2.11. The van der Waals surface area contributed by atoms with E-state index < -0.39 is 11.9 Å². The van der Waals surface area contributed by atoms with Crippen LogP contribution in [0.2, 0.25) is 0 Å². The van der Waals surface area contributed by atoms with E-state index >= 15 is 0 Å². The van der Waals surface area contributed by atoms with Crippen LogP contribution in [0.4, 0.5) is 0 Å². The molecule has 1 heterocycles. The van der Waals surface area contributed by atoms with Gasteiger partial charge in [0.1, 0.15) is 6.26 Å². The second-order valence-electron chi connectivity index (χ2n) is 2.22. The fourth-order valence-electron chi connectivity index (χ4n) is 0.720. The van der Waals surface area contributed by atoms with Crippen molar-refractivity contribution in [2.45, 2.75) is 0 Å². The van der Waals surface area contributed by atoms with E-state index in [9.17, 15) is 9.59 Å². The molecule has 68 valence electrons. The number of rotatable bonds is 2. The minimum atomic E-state index is -1.23. The summed E-state index contributed by atoms with van der Waals surface area (Å²) in [5, 5.41) is 17.1. The van der Waals surface area contributed by atoms with Gasteiger partial charge in [-0.05, 0) is 12.2 Å². The maximum atomic E-state index is 10.5. The quantitative estimate of drug-likeness (QED) is 0.650. The summed E-state index contributed by atoms with van der Waals surface area (Å²) in [7, 11) is 0. The van der Waals surface area contributed by atoms with Crippen molar-refractivity contribution in [1.29, 1.82) is 0 Å². The number of carboxylic acids is 2. The van der Waals surface area contributed by atoms with Crippen molar-refractivity contribution in [2.75, 3.05) is 0 Å². The van der Waals surface area contributed by atoms with Gasteiger partial charge in [-0.1, -0.05) is 0 Å². The lowest BCUT2D eigenvalue weighted by Gasteiger charge is -1.92. The minimum absolute atomic E-state index is 0.133. The number of hydrogen-bond acceptors (Lipinski definition) is 3. The smallest absolute Gasteiger partial charge is 0.338 e. The van der Waals surface area contributed by atoms with E-state index in [1.807, 2.05) is 0 Å². The maximum absolute atomic E-state index is 10.5. The molecule has 1 rings (SSSR count). The van der Waals surface area contributed by atoms with E-state index in [0.717, 1.165) is 18.6 Å². The van der Waals surface area contributed by atoms with Gasteiger partial charge in [-0.25, -0.2) is 9.59 Å². The van der Waals surface area contributed by atoms with E-state index in [-0.39, 0.29) is 11.1 Å². The predicted octanol–water partition coefficient (Wildman–Crippen LogP) is 0.510. The predicted molar refractivity (Wildman–Crippen MR) is 41.7 cm³/mol. The largest absolute Gasteiger partial charge is 0.478 e. The van der Waals surface area contributed by atoms with E-state index in [4.69, 9.17) is 10.2 Å². The van der Waals surface area contributed by atoms with Gasteiger partial charge in [0.05, 0.1) is 17.4 Å². The first-order chi connectivity index (χ1) is 6.11. The van der Waals surface area contributed by atoms with Gasteiger partial charge < -0.3 is 14.9 Å². The average molecular weight is 182 g/mol. The van der Waals surface area contributed by atoms with Gasteiger partial charge in [-0.15, -0.1) is 0 Å². The Kier molecular flexibility index (Phi) is 2.49. The highest BCUT2D eigenvalue weighted by Crippen LogP contribution is 2.09. The van der Waals surface area contributed by atoms with E-state index in [1.165, 1.54) is 6.08 Å². The molecule has 0 saturated heterocycles. The first-order valence-electron chi connectivity index (χ1n) is 3.31. The molecule has 0 aromatic heterocycles. The lowest BCUT2D eigenvalue weighted by molar-refractivity contribution is -0.132. The molecule has 0 aromatic carbocycles. The monoisotopic (exact) mass is 182 g/mol. The van der Waals surface area contributed by atoms with Gasteiger partial charge in [-0.3, -0.25) is 0 Å². The summed E-state index contributed by atoms with van der Waals surface area (Å²) >= 11 is 0. The summed E-state index contributed by atoms with van der Waals surface area (Å²) in [6.07, 6.45) is 4.27. The van der Waals surface area contributed by atoms with Crippen LogP contribution in [0.5, 0.6) is 0 Å². The van der Waals surface area contributed by atoms with Crippen molar-refractivity contribution < 1.29 is 24.5 Å². The number of carbonyl (C=O) groups is 2. The molecule has 0 aliphatic carbocycles. The Morgan fingerprint density at radius 1 is 1.15 bits per heavy atom. The fourth-order valence-corrected chi connectivity index (χ4v) is 0.720. The molecule has 5 heteroatoms. The molecule has 13 heavy (non-hydrogen) atoms. The highest BCUT2D eigenvalue weighted by molar-refractivity contribution is 5.96. The lowest BCUT2D eigenvalue weighted by Crippen LogP contribution is -2.02. The van der Waals surface area contributed by atoms with Crippen molar-refractivity contribution in [1.82, 2.24) is 0 Å². The molecule has 0 aromatic rings. The summed E-state index contributed by atoms with van der Waals surface area (Å²) < 4.78 is 4.61. The van der Waals surface area contributed by atoms with Crippen molar-refractivity contribution in [3.05, 3.63) is 35.8 Å².